The van der Waals surface area contributed by atoms with E-state index in [0.717, 1.165) is 5.56 Å². The lowest BCUT2D eigenvalue weighted by Gasteiger charge is -2.37. The first-order valence-corrected chi connectivity index (χ1v) is 8.16. The standard InChI is InChI=1S/C17H20ClN3O3/c1-21-9-11(8-19-21)16(10-5-13(22)6-10)20-17(23)14-4-3-12(18)7-15(14)24-2/h3-4,7-10,13,16,22H,5-6H2,1-2H3,(H,20,23)/t10?,13?,16-/m0/s1. The molecule has 0 spiro atoms. The molecule has 24 heavy (non-hydrogen) atoms. The lowest BCUT2D eigenvalue weighted by atomic mass is 9.75. The smallest absolute Gasteiger partial charge is 0.255 e. The van der Waals surface area contributed by atoms with Crippen LogP contribution in [0.15, 0.2) is 30.6 Å². The van der Waals surface area contributed by atoms with Crippen LogP contribution in [-0.4, -0.2) is 34.0 Å². The van der Waals surface area contributed by atoms with Crippen LogP contribution in [0.1, 0.15) is 34.8 Å². The van der Waals surface area contributed by atoms with Crippen LogP contribution in [0, 0.1) is 5.92 Å². The maximum absolute atomic E-state index is 12.7. The van der Waals surface area contributed by atoms with Crippen LogP contribution in [0.3, 0.4) is 0 Å². The fourth-order valence-electron chi connectivity index (χ4n) is 3.05. The van der Waals surface area contributed by atoms with Gasteiger partial charge in [0.25, 0.3) is 5.91 Å². The normalized spacial score (nSPS) is 21.0. The molecule has 6 nitrogen and oxygen atoms in total. The molecule has 1 aliphatic rings. The Morgan fingerprint density at radius 2 is 2.25 bits per heavy atom. The SMILES string of the molecule is COc1cc(Cl)ccc1C(=O)N[C@H](c1cnn(C)c1)C1CC(O)C1. The van der Waals surface area contributed by atoms with Crippen molar-refractivity contribution in [3.05, 3.63) is 46.7 Å². The van der Waals surface area contributed by atoms with Crippen molar-refractivity contribution < 1.29 is 14.6 Å². The number of benzene rings is 1. The largest absolute Gasteiger partial charge is 0.496 e. The van der Waals surface area contributed by atoms with E-state index in [9.17, 15) is 9.90 Å². The Bertz CT molecular complexity index is 740. The number of aliphatic hydroxyl groups is 1. The molecule has 0 unspecified atom stereocenters. The minimum atomic E-state index is -0.295. The number of aromatic nitrogens is 2. The van der Waals surface area contributed by atoms with Crippen LogP contribution in [0.2, 0.25) is 5.02 Å². The van der Waals surface area contributed by atoms with Gasteiger partial charge in [0.1, 0.15) is 5.75 Å². The topological polar surface area (TPSA) is 76.4 Å². The van der Waals surface area contributed by atoms with E-state index < -0.39 is 0 Å². The summed E-state index contributed by atoms with van der Waals surface area (Å²) < 4.78 is 6.96. The highest BCUT2D eigenvalue weighted by Gasteiger charge is 2.36. The zero-order chi connectivity index (χ0) is 17.3. The summed E-state index contributed by atoms with van der Waals surface area (Å²) in [5.74, 6) is 0.379. The molecule has 0 bridgehead atoms. The Labute approximate surface area is 145 Å². The molecule has 1 amide bonds. The van der Waals surface area contributed by atoms with Crippen molar-refractivity contribution in [3.63, 3.8) is 0 Å². The Morgan fingerprint density at radius 3 is 2.83 bits per heavy atom. The number of hydrogen-bond acceptors (Lipinski definition) is 4. The molecule has 128 valence electrons. The van der Waals surface area contributed by atoms with Crippen LogP contribution in [-0.2, 0) is 7.05 Å². The third-order valence-electron chi connectivity index (χ3n) is 4.40. The number of aliphatic hydroxyl groups excluding tert-OH is 1. The average molecular weight is 350 g/mol. The summed E-state index contributed by atoms with van der Waals surface area (Å²) >= 11 is 5.95. The number of amides is 1. The van der Waals surface area contributed by atoms with E-state index in [1.807, 2.05) is 13.2 Å². The van der Waals surface area contributed by atoms with Crippen molar-refractivity contribution in [1.29, 1.82) is 0 Å². The highest BCUT2D eigenvalue weighted by Crippen LogP contribution is 2.38. The molecule has 2 N–H and O–H groups in total. The minimum Gasteiger partial charge on any atom is -0.496 e. The van der Waals surface area contributed by atoms with Gasteiger partial charge in [0.15, 0.2) is 0 Å². The zero-order valence-corrected chi connectivity index (χ0v) is 14.3. The van der Waals surface area contributed by atoms with Crippen LogP contribution in [0.5, 0.6) is 5.75 Å². The van der Waals surface area contributed by atoms with Crippen molar-refractivity contribution in [3.8, 4) is 5.75 Å². The summed E-state index contributed by atoms with van der Waals surface area (Å²) in [6.07, 6.45) is 4.66. The van der Waals surface area contributed by atoms with Crippen molar-refractivity contribution in [1.82, 2.24) is 15.1 Å². The molecule has 0 aliphatic heterocycles. The molecule has 0 saturated heterocycles. The fraction of sp³-hybridized carbons (Fsp3) is 0.412. The minimum absolute atomic E-state index is 0.187. The molecule has 7 heteroatoms. The fourth-order valence-corrected chi connectivity index (χ4v) is 3.21. The Kier molecular flexibility index (Phi) is 4.78. The summed E-state index contributed by atoms with van der Waals surface area (Å²) in [4.78, 5) is 12.7. The van der Waals surface area contributed by atoms with Gasteiger partial charge in [0.2, 0.25) is 0 Å². The van der Waals surface area contributed by atoms with E-state index >= 15 is 0 Å². The van der Waals surface area contributed by atoms with Gasteiger partial charge < -0.3 is 15.2 Å². The first kappa shape index (κ1) is 16.8. The third kappa shape index (κ3) is 3.39. The Morgan fingerprint density at radius 1 is 1.50 bits per heavy atom. The number of nitrogens with zero attached hydrogens (tertiary/aromatic N) is 2. The molecule has 1 aromatic heterocycles. The maximum Gasteiger partial charge on any atom is 0.255 e. The summed E-state index contributed by atoms with van der Waals surface area (Å²) in [7, 11) is 3.34. The third-order valence-corrected chi connectivity index (χ3v) is 4.63. The quantitative estimate of drug-likeness (QED) is 0.868. The van der Waals surface area contributed by atoms with Crippen LogP contribution < -0.4 is 10.1 Å². The number of aryl methyl sites for hydroxylation is 1. The van der Waals surface area contributed by atoms with Gasteiger partial charge in [-0.25, -0.2) is 0 Å². The number of methoxy groups -OCH3 is 1. The highest BCUT2D eigenvalue weighted by atomic mass is 35.5. The van der Waals surface area contributed by atoms with Gasteiger partial charge in [-0.3, -0.25) is 9.48 Å². The van der Waals surface area contributed by atoms with E-state index in [1.165, 1.54) is 7.11 Å². The molecule has 2 aromatic rings. The second-order valence-electron chi connectivity index (χ2n) is 6.13. The van der Waals surface area contributed by atoms with E-state index in [0.29, 0.717) is 29.2 Å². The second kappa shape index (κ2) is 6.83. The lowest BCUT2D eigenvalue weighted by Crippen LogP contribution is -2.41. The van der Waals surface area contributed by atoms with Gasteiger partial charge in [-0.15, -0.1) is 0 Å². The van der Waals surface area contributed by atoms with Gasteiger partial charge in [-0.1, -0.05) is 11.6 Å². The van der Waals surface area contributed by atoms with Gasteiger partial charge in [0.05, 0.1) is 31.0 Å². The number of carbonyl (C=O) groups excluding carboxylic acids is 1. The summed E-state index contributed by atoms with van der Waals surface area (Å²) in [5, 5.41) is 17.4. The van der Waals surface area contributed by atoms with Crippen molar-refractivity contribution in [2.24, 2.45) is 13.0 Å². The summed E-state index contributed by atoms with van der Waals surface area (Å²) in [6, 6.07) is 4.72. The predicted molar refractivity (Wildman–Crippen MR) is 90.2 cm³/mol. The summed E-state index contributed by atoms with van der Waals surface area (Å²) in [6.45, 7) is 0. The molecule has 1 heterocycles. The van der Waals surface area contributed by atoms with Crippen LogP contribution in [0.4, 0.5) is 0 Å². The predicted octanol–water partition coefficient (Wildman–Crippen LogP) is 2.32. The molecule has 1 aliphatic carbocycles. The number of nitrogens with one attached hydrogen (secondary N) is 1. The molecule has 1 saturated carbocycles. The van der Waals surface area contributed by atoms with E-state index in [2.05, 4.69) is 10.4 Å². The van der Waals surface area contributed by atoms with Gasteiger partial charge in [-0.2, -0.15) is 5.10 Å². The number of rotatable bonds is 5. The number of carbonyl (C=O) groups is 1. The number of halogens is 1. The van der Waals surface area contributed by atoms with E-state index in [-0.39, 0.29) is 24.0 Å². The monoisotopic (exact) mass is 349 g/mol. The molecule has 1 aromatic carbocycles. The van der Waals surface area contributed by atoms with Gasteiger partial charge in [-0.05, 0) is 37.0 Å². The molecular formula is C17H20ClN3O3. The van der Waals surface area contributed by atoms with E-state index in [4.69, 9.17) is 16.3 Å². The number of hydrogen-bond donors (Lipinski definition) is 2. The second-order valence-corrected chi connectivity index (χ2v) is 6.56. The lowest BCUT2D eigenvalue weighted by molar-refractivity contribution is 0.0235. The highest BCUT2D eigenvalue weighted by molar-refractivity contribution is 6.30. The van der Waals surface area contributed by atoms with Crippen LogP contribution >= 0.6 is 11.6 Å². The Hall–Kier alpha value is -2.05. The van der Waals surface area contributed by atoms with Crippen LogP contribution in [0.25, 0.3) is 0 Å². The van der Waals surface area contributed by atoms with E-state index in [1.54, 1.807) is 29.1 Å². The molecule has 0 radical (unpaired) electrons. The maximum atomic E-state index is 12.7. The first-order chi connectivity index (χ1) is 11.5. The zero-order valence-electron chi connectivity index (χ0n) is 13.6. The Balaban J connectivity index is 1.83. The molecule has 1 atom stereocenters. The van der Waals surface area contributed by atoms with Crippen molar-refractivity contribution in [2.75, 3.05) is 7.11 Å². The summed E-state index contributed by atoms with van der Waals surface area (Å²) in [5.41, 5.74) is 1.35. The molecule has 1 fully saturated rings. The van der Waals surface area contributed by atoms with Gasteiger partial charge in [0, 0.05) is 23.8 Å². The number of ether oxygens (including phenoxy) is 1. The van der Waals surface area contributed by atoms with Gasteiger partial charge >= 0.3 is 0 Å². The molecule has 3 rings (SSSR count). The average Bonchev–Trinajstić information content (AvgIpc) is 2.95. The van der Waals surface area contributed by atoms with Crippen molar-refractivity contribution >= 4 is 17.5 Å². The molecular weight excluding hydrogens is 330 g/mol. The first-order valence-electron chi connectivity index (χ1n) is 7.79. The van der Waals surface area contributed by atoms with Crippen molar-refractivity contribution in [2.45, 2.75) is 25.0 Å².